The summed E-state index contributed by atoms with van der Waals surface area (Å²) in [6, 6.07) is 20.2. The molecule has 9 nitrogen and oxygen atoms in total. The van der Waals surface area contributed by atoms with Gasteiger partial charge in [-0.3, -0.25) is 19.9 Å². The Bertz CT molecular complexity index is 1460. The van der Waals surface area contributed by atoms with Crippen LogP contribution in [0.15, 0.2) is 89.5 Å². The largest absolute Gasteiger partial charge is 0.459 e. The summed E-state index contributed by atoms with van der Waals surface area (Å²) in [5, 5.41) is 17.5. The molecule has 3 heterocycles. The maximum absolute atomic E-state index is 13.2. The van der Waals surface area contributed by atoms with Crippen LogP contribution in [0.5, 0.6) is 0 Å². The molecular weight excluding hydrogens is 509 g/mol. The lowest BCUT2D eigenvalue weighted by molar-refractivity contribution is -0.384. The minimum absolute atomic E-state index is 0.00817. The predicted octanol–water partition coefficient (Wildman–Crippen LogP) is 5.39. The van der Waals surface area contributed by atoms with Crippen LogP contribution < -0.4 is 10.6 Å². The van der Waals surface area contributed by atoms with Gasteiger partial charge in [0.05, 0.1) is 16.7 Å². The molecule has 0 radical (unpaired) electrons. The lowest BCUT2D eigenvalue weighted by atomic mass is 10.0. The molecule has 2 N–H and O–H groups in total. The minimum Gasteiger partial charge on any atom is -0.459 e. The summed E-state index contributed by atoms with van der Waals surface area (Å²) in [5.74, 6) is 0.513. The van der Waals surface area contributed by atoms with Crippen molar-refractivity contribution >= 4 is 34.6 Å². The van der Waals surface area contributed by atoms with Crippen LogP contribution in [0, 0.1) is 15.9 Å². The zero-order chi connectivity index (χ0) is 26.6. The van der Waals surface area contributed by atoms with E-state index in [1.54, 1.807) is 24.4 Å². The van der Waals surface area contributed by atoms with Gasteiger partial charge in [0.1, 0.15) is 23.4 Å². The molecule has 0 aliphatic carbocycles. The van der Waals surface area contributed by atoms with Crippen LogP contribution in [0.4, 0.5) is 15.8 Å². The lowest BCUT2D eigenvalue weighted by Crippen LogP contribution is -2.32. The third-order valence-corrected chi connectivity index (χ3v) is 6.54. The molecule has 192 valence electrons. The van der Waals surface area contributed by atoms with Crippen molar-refractivity contribution < 1.29 is 18.5 Å². The Kier molecular flexibility index (Phi) is 7.09. The zero-order valence-electron chi connectivity index (χ0n) is 19.9. The number of non-ortho nitro benzene ring substituents is 1. The van der Waals surface area contributed by atoms with Crippen LogP contribution in [0.2, 0.25) is 0 Å². The van der Waals surface area contributed by atoms with E-state index >= 15 is 0 Å². The first-order chi connectivity index (χ1) is 18.4. The molecule has 1 aliphatic heterocycles. The Labute approximate surface area is 222 Å². The Balaban J connectivity index is 1.38. The molecule has 0 bridgehead atoms. The summed E-state index contributed by atoms with van der Waals surface area (Å²) in [6.07, 6.45) is 1.82. The maximum atomic E-state index is 13.2. The monoisotopic (exact) mass is 531 g/mol. The van der Waals surface area contributed by atoms with E-state index in [1.165, 1.54) is 36.4 Å². The Morgan fingerprint density at radius 1 is 1.11 bits per heavy atom. The summed E-state index contributed by atoms with van der Waals surface area (Å²) >= 11 is 5.64. The van der Waals surface area contributed by atoms with Gasteiger partial charge in [-0.1, -0.05) is 6.07 Å². The molecule has 0 unspecified atom stereocenters. The van der Waals surface area contributed by atoms with E-state index in [0.717, 1.165) is 5.69 Å². The van der Waals surface area contributed by atoms with Gasteiger partial charge < -0.3 is 20.0 Å². The maximum Gasteiger partial charge on any atom is 0.269 e. The molecule has 1 aliphatic rings. The fraction of sp³-hybridized carbons (Fsp3) is 0.148. The number of rotatable bonds is 8. The van der Waals surface area contributed by atoms with Crippen molar-refractivity contribution in [3.8, 4) is 11.3 Å². The van der Waals surface area contributed by atoms with E-state index in [4.69, 9.17) is 16.6 Å². The first kappa shape index (κ1) is 25.0. The van der Waals surface area contributed by atoms with E-state index in [1.807, 2.05) is 29.2 Å². The number of nitrogens with one attached hydrogen (secondary N) is 2. The summed E-state index contributed by atoms with van der Waals surface area (Å²) in [5.41, 5.74) is 1.94. The number of anilines is 1. The number of carbonyl (C=O) groups is 1. The molecule has 0 saturated carbocycles. The average molecular weight is 532 g/mol. The van der Waals surface area contributed by atoms with Gasteiger partial charge in [0.25, 0.3) is 5.69 Å². The predicted molar refractivity (Wildman–Crippen MR) is 143 cm³/mol. The third kappa shape index (κ3) is 5.37. The van der Waals surface area contributed by atoms with Gasteiger partial charge in [0.2, 0.25) is 5.91 Å². The lowest BCUT2D eigenvalue weighted by Gasteiger charge is -2.25. The van der Waals surface area contributed by atoms with E-state index in [-0.39, 0.29) is 29.9 Å². The standard InChI is InChI=1S/C27H22FN5O4S/c28-18-6-8-19(9-7-18)30-24(34)14-16-32-26(25(31-27(32)38)21-3-1-2-15-29-21)23-13-12-22(37-23)17-4-10-20(11-5-17)33(35)36/h1-13,15,25-26H,14,16H2,(H,30,34)(H,31,38)/t25-,26+/m0/s1. The van der Waals surface area contributed by atoms with Crippen molar-refractivity contribution in [1.29, 1.82) is 0 Å². The number of hydrogen-bond acceptors (Lipinski definition) is 6. The smallest absolute Gasteiger partial charge is 0.269 e. The third-order valence-electron chi connectivity index (χ3n) is 6.19. The van der Waals surface area contributed by atoms with Crippen LogP contribution in [0.3, 0.4) is 0 Å². The second-order valence-electron chi connectivity index (χ2n) is 8.63. The van der Waals surface area contributed by atoms with Crippen molar-refractivity contribution in [2.45, 2.75) is 18.5 Å². The quantitative estimate of drug-likeness (QED) is 0.177. The van der Waals surface area contributed by atoms with Gasteiger partial charge in [-0.05, 0) is 72.9 Å². The molecule has 11 heteroatoms. The molecule has 5 rings (SSSR count). The van der Waals surface area contributed by atoms with Gasteiger partial charge in [0.15, 0.2) is 5.11 Å². The SMILES string of the molecule is O=C(CCN1C(=S)N[C@@H](c2ccccn2)[C@H]1c1ccc(-c2ccc([N+](=O)[O-])cc2)o1)Nc1ccc(F)cc1. The highest BCUT2D eigenvalue weighted by atomic mass is 32.1. The van der Waals surface area contributed by atoms with Gasteiger partial charge >= 0.3 is 0 Å². The minimum atomic E-state index is -0.454. The molecule has 0 spiro atoms. The first-order valence-electron chi connectivity index (χ1n) is 11.8. The molecule has 2 aromatic carbocycles. The van der Waals surface area contributed by atoms with Crippen LogP contribution >= 0.6 is 12.2 Å². The summed E-state index contributed by atoms with van der Waals surface area (Å²) in [6.45, 7) is 0.292. The fourth-order valence-electron chi connectivity index (χ4n) is 4.35. The summed E-state index contributed by atoms with van der Waals surface area (Å²) < 4.78 is 19.4. The van der Waals surface area contributed by atoms with Gasteiger partial charge in [0, 0.05) is 42.5 Å². The normalized spacial score (nSPS) is 16.8. The number of carbonyl (C=O) groups excluding carboxylic acids is 1. The van der Waals surface area contributed by atoms with Crippen molar-refractivity contribution in [2.75, 3.05) is 11.9 Å². The van der Waals surface area contributed by atoms with Gasteiger partial charge in [-0.25, -0.2) is 4.39 Å². The number of furan rings is 1. The van der Waals surface area contributed by atoms with E-state index in [9.17, 15) is 19.3 Å². The number of hydrogen-bond donors (Lipinski definition) is 2. The van der Waals surface area contributed by atoms with Crippen LogP contribution in [0.1, 0.15) is 30.0 Å². The van der Waals surface area contributed by atoms with Crippen LogP contribution in [-0.4, -0.2) is 32.4 Å². The Morgan fingerprint density at radius 3 is 2.55 bits per heavy atom. The van der Waals surface area contributed by atoms with E-state index in [2.05, 4.69) is 15.6 Å². The highest BCUT2D eigenvalue weighted by molar-refractivity contribution is 7.80. The van der Waals surface area contributed by atoms with Crippen LogP contribution in [-0.2, 0) is 4.79 Å². The first-order valence-corrected chi connectivity index (χ1v) is 12.2. The molecule has 1 amide bonds. The topological polar surface area (TPSA) is 114 Å². The molecule has 2 atom stereocenters. The molecule has 4 aromatic rings. The van der Waals surface area contributed by atoms with Crippen molar-refractivity contribution in [3.63, 3.8) is 0 Å². The summed E-state index contributed by atoms with van der Waals surface area (Å²) in [4.78, 5) is 29.6. The second-order valence-corrected chi connectivity index (χ2v) is 9.02. The molecule has 38 heavy (non-hydrogen) atoms. The number of nitrogens with zero attached hydrogens (tertiary/aromatic N) is 3. The number of aromatic nitrogens is 1. The van der Waals surface area contributed by atoms with Crippen molar-refractivity contribution in [3.05, 3.63) is 112 Å². The number of nitro benzene ring substituents is 1. The number of nitro groups is 1. The second kappa shape index (κ2) is 10.8. The van der Waals surface area contributed by atoms with Crippen molar-refractivity contribution in [1.82, 2.24) is 15.2 Å². The highest BCUT2D eigenvalue weighted by Crippen LogP contribution is 2.40. The number of pyridine rings is 1. The van der Waals surface area contributed by atoms with Gasteiger partial charge in [-0.2, -0.15) is 0 Å². The fourth-order valence-corrected chi connectivity index (χ4v) is 4.68. The average Bonchev–Trinajstić information content (AvgIpc) is 3.54. The number of thiocarbonyl (C=S) groups is 1. The highest BCUT2D eigenvalue weighted by Gasteiger charge is 2.41. The van der Waals surface area contributed by atoms with E-state index in [0.29, 0.717) is 34.4 Å². The summed E-state index contributed by atoms with van der Waals surface area (Å²) in [7, 11) is 0. The Morgan fingerprint density at radius 2 is 1.87 bits per heavy atom. The number of amides is 1. The number of benzene rings is 2. The molecule has 2 aromatic heterocycles. The zero-order valence-corrected chi connectivity index (χ0v) is 20.7. The molecular formula is C27H22FN5O4S. The van der Waals surface area contributed by atoms with E-state index < -0.39 is 11.0 Å². The molecule has 1 saturated heterocycles. The van der Waals surface area contributed by atoms with Crippen molar-refractivity contribution in [2.24, 2.45) is 0 Å². The number of halogens is 1. The molecule has 1 fully saturated rings. The van der Waals surface area contributed by atoms with Crippen LogP contribution in [0.25, 0.3) is 11.3 Å². The van der Waals surface area contributed by atoms with Gasteiger partial charge in [-0.15, -0.1) is 0 Å². The Hall–Kier alpha value is -4.64.